The third kappa shape index (κ3) is 8.21. The molecule has 34 heavy (non-hydrogen) atoms. The molecule has 0 aromatic heterocycles. The van der Waals surface area contributed by atoms with Crippen LogP contribution in [-0.4, -0.2) is 87.2 Å². The van der Waals surface area contributed by atoms with E-state index in [-0.39, 0.29) is 30.5 Å². The maximum absolute atomic E-state index is 13.5. The number of morpholine rings is 1. The fourth-order valence-corrected chi connectivity index (χ4v) is 4.17. The molecular weight excluding hydrogens is 456 g/mol. The molecule has 1 aromatic carbocycles. The number of hydrogen-bond donors (Lipinski definition) is 2. The van der Waals surface area contributed by atoms with E-state index in [0.29, 0.717) is 38.1 Å². The summed E-state index contributed by atoms with van der Waals surface area (Å²) < 4.78 is 57.4. The Kier molecular flexibility index (Phi) is 9.66. The summed E-state index contributed by atoms with van der Waals surface area (Å²) in [6.07, 6.45) is -2.40. The predicted molar refractivity (Wildman–Crippen MR) is 118 cm³/mol. The van der Waals surface area contributed by atoms with Crippen molar-refractivity contribution in [2.45, 2.75) is 25.4 Å². The fourth-order valence-electron chi connectivity index (χ4n) is 4.17. The molecule has 2 amide bonds. The molecule has 2 saturated heterocycles. The minimum atomic E-state index is -4.73. The summed E-state index contributed by atoms with van der Waals surface area (Å²) >= 11 is 0. The number of amides is 2. The Balaban J connectivity index is 1.32. The van der Waals surface area contributed by atoms with Crippen molar-refractivity contribution in [1.29, 1.82) is 0 Å². The molecule has 0 spiro atoms. The molecule has 2 fully saturated rings. The second kappa shape index (κ2) is 12.5. The van der Waals surface area contributed by atoms with E-state index in [1.54, 1.807) is 4.90 Å². The first-order valence-electron chi connectivity index (χ1n) is 11.7. The number of hydrogen-bond acceptors (Lipinski definition) is 5. The van der Waals surface area contributed by atoms with Crippen molar-refractivity contribution in [3.63, 3.8) is 0 Å². The van der Waals surface area contributed by atoms with Crippen LogP contribution in [0.1, 0.15) is 35.2 Å². The number of likely N-dealkylation sites (tertiary alicyclic amines) is 1. The molecule has 2 aliphatic rings. The van der Waals surface area contributed by atoms with E-state index in [4.69, 9.17) is 4.74 Å². The summed E-state index contributed by atoms with van der Waals surface area (Å²) in [5.74, 6) is -1.72. The van der Waals surface area contributed by atoms with E-state index in [1.807, 2.05) is 0 Å². The van der Waals surface area contributed by atoms with Gasteiger partial charge in [0.25, 0.3) is 5.91 Å². The third-order valence-electron chi connectivity index (χ3n) is 6.21. The quantitative estimate of drug-likeness (QED) is 0.412. The molecule has 11 heteroatoms. The number of nitrogens with zero attached hydrogens (tertiary/aromatic N) is 2. The Morgan fingerprint density at radius 3 is 2.44 bits per heavy atom. The van der Waals surface area contributed by atoms with E-state index in [2.05, 4.69) is 15.5 Å². The van der Waals surface area contributed by atoms with E-state index >= 15 is 0 Å². The smallest absolute Gasteiger partial charge is 0.379 e. The van der Waals surface area contributed by atoms with Crippen LogP contribution in [0.15, 0.2) is 18.2 Å². The lowest BCUT2D eigenvalue weighted by atomic mass is 9.96. The SMILES string of the molecule is O=C(NCC1CCN(C(=O)CNCCCN2CCOCC2)CC1)c1cc(F)cc(C(F)(F)F)c1. The van der Waals surface area contributed by atoms with Crippen LogP contribution in [0, 0.1) is 11.7 Å². The third-order valence-corrected chi connectivity index (χ3v) is 6.21. The van der Waals surface area contributed by atoms with Gasteiger partial charge in [-0.25, -0.2) is 4.39 Å². The Bertz CT molecular complexity index is 823. The summed E-state index contributed by atoms with van der Waals surface area (Å²) in [6, 6.07) is 1.80. The molecule has 190 valence electrons. The predicted octanol–water partition coefficient (Wildman–Crippen LogP) is 2.12. The van der Waals surface area contributed by atoms with Crippen molar-refractivity contribution in [3.05, 3.63) is 35.1 Å². The highest BCUT2D eigenvalue weighted by atomic mass is 19.4. The summed E-state index contributed by atoms with van der Waals surface area (Å²) in [6.45, 7) is 6.86. The van der Waals surface area contributed by atoms with Crippen LogP contribution in [0.2, 0.25) is 0 Å². The van der Waals surface area contributed by atoms with Gasteiger partial charge in [-0.05, 0) is 56.5 Å². The normalized spacial score (nSPS) is 18.2. The minimum Gasteiger partial charge on any atom is -0.379 e. The van der Waals surface area contributed by atoms with Gasteiger partial charge in [0, 0.05) is 38.3 Å². The summed E-state index contributed by atoms with van der Waals surface area (Å²) in [5, 5.41) is 5.79. The van der Waals surface area contributed by atoms with Crippen LogP contribution in [-0.2, 0) is 15.7 Å². The molecular formula is C23H32F4N4O3. The van der Waals surface area contributed by atoms with Crippen LogP contribution in [0.4, 0.5) is 17.6 Å². The van der Waals surface area contributed by atoms with Gasteiger partial charge in [0.1, 0.15) is 5.82 Å². The number of benzene rings is 1. The van der Waals surface area contributed by atoms with E-state index in [1.165, 1.54) is 0 Å². The molecule has 0 atom stereocenters. The highest BCUT2D eigenvalue weighted by Crippen LogP contribution is 2.30. The van der Waals surface area contributed by atoms with Crippen molar-refractivity contribution >= 4 is 11.8 Å². The monoisotopic (exact) mass is 488 g/mol. The van der Waals surface area contributed by atoms with E-state index < -0.39 is 23.5 Å². The number of nitrogens with one attached hydrogen (secondary N) is 2. The van der Waals surface area contributed by atoms with E-state index in [0.717, 1.165) is 51.9 Å². The maximum Gasteiger partial charge on any atom is 0.416 e. The van der Waals surface area contributed by atoms with Crippen molar-refractivity contribution in [3.8, 4) is 0 Å². The van der Waals surface area contributed by atoms with Crippen LogP contribution in [0.25, 0.3) is 0 Å². The van der Waals surface area contributed by atoms with Crippen LogP contribution >= 0.6 is 0 Å². The molecule has 0 saturated carbocycles. The molecule has 2 heterocycles. The highest BCUT2D eigenvalue weighted by Gasteiger charge is 2.32. The standard InChI is InChI=1S/C23H32F4N4O3/c24-20-13-18(12-19(14-20)23(25,26)27)22(33)29-15-17-2-6-31(7-3-17)21(32)16-28-4-1-5-30-8-10-34-11-9-30/h12-14,17,28H,1-11,15-16H2,(H,29,33). The molecule has 1 aromatic rings. The topological polar surface area (TPSA) is 73.9 Å². The number of halogens is 4. The van der Waals surface area contributed by atoms with Gasteiger partial charge in [0.15, 0.2) is 0 Å². The Morgan fingerprint density at radius 1 is 1.06 bits per heavy atom. The van der Waals surface area contributed by atoms with Gasteiger partial charge in [-0.1, -0.05) is 0 Å². The van der Waals surface area contributed by atoms with Gasteiger partial charge in [-0.15, -0.1) is 0 Å². The molecule has 0 aliphatic carbocycles. The first kappa shape index (κ1) is 26.4. The Morgan fingerprint density at radius 2 is 1.76 bits per heavy atom. The number of carbonyl (C=O) groups is 2. The lowest BCUT2D eigenvalue weighted by Crippen LogP contribution is -2.45. The van der Waals surface area contributed by atoms with Gasteiger partial charge < -0.3 is 20.3 Å². The first-order valence-corrected chi connectivity index (χ1v) is 11.7. The zero-order valence-electron chi connectivity index (χ0n) is 19.1. The molecule has 0 unspecified atom stereocenters. The van der Waals surface area contributed by atoms with Crippen molar-refractivity contribution < 1.29 is 31.9 Å². The first-order chi connectivity index (χ1) is 16.2. The van der Waals surface area contributed by atoms with E-state index in [9.17, 15) is 27.2 Å². The molecule has 0 radical (unpaired) electrons. The van der Waals surface area contributed by atoms with Crippen molar-refractivity contribution in [2.75, 3.05) is 65.6 Å². The number of rotatable bonds is 9. The molecule has 3 rings (SSSR count). The average Bonchev–Trinajstić information content (AvgIpc) is 2.82. The minimum absolute atomic E-state index is 0.0355. The van der Waals surface area contributed by atoms with Gasteiger partial charge in [-0.2, -0.15) is 13.2 Å². The van der Waals surface area contributed by atoms with Gasteiger partial charge >= 0.3 is 6.18 Å². The summed E-state index contributed by atoms with van der Waals surface area (Å²) in [5.41, 5.74) is -1.56. The Labute approximate surface area is 196 Å². The lowest BCUT2D eigenvalue weighted by molar-refractivity contribution is -0.137. The largest absolute Gasteiger partial charge is 0.416 e. The van der Waals surface area contributed by atoms with Gasteiger partial charge in [-0.3, -0.25) is 14.5 Å². The lowest BCUT2D eigenvalue weighted by Gasteiger charge is -2.32. The summed E-state index contributed by atoms with van der Waals surface area (Å²) in [4.78, 5) is 28.8. The summed E-state index contributed by atoms with van der Waals surface area (Å²) in [7, 11) is 0. The van der Waals surface area contributed by atoms with Gasteiger partial charge in [0.2, 0.25) is 5.91 Å². The zero-order valence-corrected chi connectivity index (χ0v) is 19.1. The average molecular weight is 489 g/mol. The second-order valence-electron chi connectivity index (χ2n) is 8.74. The molecule has 2 N–H and O–H groups in total. The van der Waals surface area contributed by atoms with Crippen LogP contribution in [0.3, 0.4) is 0 Å². The zero-order chi connectivity index (χ0) is 24.6. The number of piperidine rings is 1. The number of ether oxygens (including phenoxy) is 1. The van der Waals surface area contributed by atoms with Gasteiger partial charge in [0.05, 0.1) is 25.3 Å². The van der Waals surface area contributed by atoms with Crippen LogP contribution < -0.4 is 10.6 Å². The van der Waals surface area contributed by atoms with Crippen molar-refractivity contribution in [2.24, 2.45) is 5.92 Å². The fraction of sp³-hybridized carbons (Fsp3) is 0.652. The number of alkyl halides is 3. The number of carbonyl (C=O) groups excluding carboxylic acids is 2. The van der Waals surface area contributed by atoms with Crippen molar-refractivity contribution in [1.82, 2.24) is 20.4 Å². The maximum atomic E-state index is 13.5. The Hall–Kier alpha value is -2.24. The van der Waals surface area contributed by atoms with Crippen LogP contribution in [0.5, 0.6) is 0 Å². The highest BCUT2D eigenvalue weighted by molar-refractivity contribution is 5.94. The molecule has 2 aliphatic heterocycles. The second-order valence-corrected chi connectivity index (χ2v) is 8.74. The molecule has 7 nitrogen and oxygen atoms in total. The molecule has 0 bridgehead atoms.